The van der Waals surface area contributed by atoms with Crippen molar-refractivity contribution in [1.82, 2.24) is 19.9 Å². The fourth-order valence-electron chi connectivity index (χ4n) is 4.06. The Morgan fingerprint density at radius 2 is 1.81 bits per heavy atom. The van der Waals surface area contributed by atoms with Gasteiger partial charge < -0.3 is 14.2 Å². The van der Waals surface area contributed by atoms with Crippen LogP contribution in [-0.2, 0) is 17.9 Å². The second-order valence-electron chi connectivity index (χ2n) is 8.47. The summed E-state index contributed by atoms with van der Waals surface area (Å²) in [6.45, 7) is 5.00. The Labute approximate surface area is 189 Å². The zero-order valence-electron chi connectivity index (χ0n) is 19.0. The van der Waals surface area contributed by atoms with Crippen molar-refractivity contribution < 1.29 is 14.1 Å². The number of benzene rings is 2. The molecule has 0 saturated carbocycles. The molecule has 0 atom stereocenters. The van der Waals surface area contributed by atoms with Crippen molar-refractivity contribution in [1.29, 1.82) is 0 Å². The Kier molecular flexibility index (Phi) is 6.85. The van der Waals surface area contributed by atoms with E-state index in [9.17, 15) is 4.79 Å². The van der Waals surface area contributed by atoms with E-state index >= 15 is 0 Å². The molecule has 1 aliphatic heterocycles. The highest BCUT2D eigenvalue weighted by molar-refractivity contribution is 5.78. The normalized spacial score (nSPS) is 15.0. The van der Waals surface area contributed by atoms with Crippen LogP contribution in [-0.4, -0.2) is 53.1 Å². The summed E-state index contributed by atoms with van der Waals surface area (Å²) in [6.07, 6.45) is 1.69. The number of carbonyl (C=O) groups excluding carboxylic acids is 1. The molecule has 2 aromatic carbocycles. The Hall–Kier alpha value is -3.19. The summed E-state index contributed by atoms with van der Waals surface area (Å²) in [4.78, 5) is 21.6. The summed E-state index contributed by atoms with van der Waals surface area (Å²) < 4.78 is 10.6. The molecule has 7 nitrogen and oxygen atoms in total. The minimum atomic E-state index is 0.0687. The Balaban J connectivity index is 1.27. The molecule has 3 aromatic rings. The van der Waals surface area contributed by atoms with Crippen LogP contribution in [0.1, 0.15) is 29.9 Å². The van der Waals surface area contributed by atoms with Crippen LogP contribution in [0.2, 0.25) is 0 Å². The number of aromatic nitrogens is 2. The number of nitrogens with zero attached hydrogens (tertiary/aromatic N) is 4. The zero-order valence-corrected chi connectivity index (χ0v) is 19.0. The smallest absolute Gasteiger partial charge is 0.241 e. The predicted molar refractivity (Wildman–Crippen MR) is 122 cm³/mol. The molecule has 4 rings (SSSR count). The Morgan fingerprint density at radius 1 is 1.12 bits per heavy atom. The van der Waals surface area contributed by atoms with E-state index in [1.165, 1.54) is 5.56 Å². The van der Waals surface area contributed by atoms with Gasteiger partial charge in [0.05, 0.1) is 13.7 Å². The molecule has 0 radical (unpaired) electrons. The number of rotatable bonds is 7. The van der Waals surface area contributed by atoms with Crippen molar-refractivity contribution in [2.45, 2.75) is 32.9 Å². The summed E-state index contributed by atoms with van der Waals surface area (Å²) in [7, 11) is 3.54. The van der Waals surface area contributed by atoms with Gasteiger partial charge in [-0.2, -0.15) is 4.98 Å². The second kappa shape index (κ2) is 9.96. The van der Waals surface area contributed by atoms with Gasteiger partial charge in [0.1, 0.15) is 5.75 Å². The molecule has 1 saturated heterocycles. The number of hydrogen-bond acceptors (Lipinski definition) is 6. The monoisotopic (exact) mass is 434 g/mol. The van der Waals surface area contributed by atoms with Gasteiger partial charge in [-0.25, -0.2) is 0 Å². The van der Waals surface area contributed by atoms with E-state index < -0.39 is 0 Å². The van der Waals surface area contributed by atoms with Crippen LogP contribution in [0.3, 0.4) is 0 Å². The molecule has 1 fully saturated rings. The van der Waals surface area contributed by atoms with E-state index in [2.05, 4.69) is 46.2 Å². The number of carbonyl (C=O) groups is 1. The van der Waals surface area contributed by atoms with Gasteiger partial charge in [0, 0.05) is 25.1 Å². The number of methoxy groups -OCH3 is 1. The molecular weight excluding hydrogens is 404 g/mol. The SMILES string of the molecule is COc1ccc(-c2noc(CN3CCC(C(=O)N(C)Cc4ccc(C)cc4)CC3)n2)cc1. The zero-order chi connectivity index (χ0) is 22.5. The number of amides is 1. The maximum Gasteiger partial charge on any atom is 0.241 e. The van der Waals surface area contributed by atoms with Crippen LogP contribution in [0.15, 0.2) is 53.1 Å². The fraction of sp³-hybridized carbons (Fsp3) is 0.400. The number of hydrogen-bond donors (Lipinski definition) is 0. The molecule has 1 amide bonds. The molecule has 2 heterocycles. The molecule has 0 aliphatic carbocycles. The predicted octanol–water partition coefficient (Wildman–Crippen LogP) is 3.92. The van der Waals surface area contributed by atoms with Gasteiger partial charge in [-0.1, -0.05) is 35.0 Å². The maximum atomic E-state index is 12.9. The van der Waals surface area contributed by atoms with E-state index in [1.807, 2.05) is 36.2 Å². The molecule has 32 heavy (non-hydrogen) atoms. The van der Waals surface area contributed by atoms with E-state index in [0.29, 0.717) is 24.8 Å². The maximum absolute atomic E-state index is 12.9. The third-order valence-electron chi connectivity index (χ3n) is 6.03. The van der Waals surface area contributed by atoms with Gasteiger partial charge in [0.25, 0.3) is 0 Å². The van der Waals surface area contributed by atoms with E-state index in [0.717, 1.165) is 42.8 Å². The quantitative estimate of drug-likeness (QED) is 0.561. The largest absolute Gasteiger partial charge is 0.497 e. The molecular formula is C25H30N4O3. The van der Waals surface area contributed by atoms with Crippen LogP contribution in [0.25, 0.3) is 11.4 Å². The van der Waals surface area contributed by atoms with Crippen LogP contribution in [0, 0.1) is 12.8 Å². The van der Waals surface area contributed by atoms with E-state index in [1.54, 1.807) is 7.11 Å². The number of ether oxygens (including phenoxy) is 1. The standard InChI is InChI=1S/C25H30N4O3/c1-18-4-6-19(7-5-18)16-28(2)25(30)21-12-14-29(15-13-21)17-23-26-24(27-32-23)20-8-10-22(31-3)11-9-20/h4-11,21H,12-17H2,1-3H3. The molecule has 7 heteroatoms. The fourth-order valence-corrected chi connectivity index (χ4v) is 4.06. The first-order valence-corrected chi connectivity index (χ1v) is 11.0. The average molecular weight is 435 g/mol. The van der Waals surface area contributed by atoms with Crippen LogP contribution >= 0.6 is 0 Å². The first kappa shape index (κ1) is 22.0. The van der Waals surface area contributed by atoms with Crippen molar-refractivity contribution in [2.75, 3.05) is 27.2 Å². The summed E-state index contributed by atoms with van der Waals surface area (Å²) in [5.41, 5.74) is 3.28. The van der Waals surface area contributed by atoms with Gasteiger partial charge >= 0.3 is 0 Å². The van der Waals surface area contributed by atoms with Gasteiger partial charge in [-0.3, -0.25) is 9.69 Å². The lowest BCUT2D eigenvalue weighted by atomic mass is 9.95. The molecule has 0 unspecified atom stereocenters. The van der Waals surface area contributed by atoms with Crippen LogP contribution in [0.5, 0.6) is 5.75 Å². The van der Waals surface area contributed by atoms with Gasteiger partial charge in [0.15, 0.2) is 0 Å². The summed E-state index contributed by atoms with van der Waals surface area (Å²) >= 11 is 0. The molecule has 1 aliphatic rings. The number of aryl methyl sites for hydroxylation is 1. The molecule has 1 aromatic heterocycles. The minimum Gasteiger partial charge on any atom is -0.497 e. The highest BCUT2D eigenvalue weighted by atomic mass is 16.5. The number of likely N-dealkylation sites (tertiary alicyclic amines) is 1. The first-order chi connectivity index (χ1) is 15.5. The lowest BCUT2D eigenvalue weighted by Crippen LogP contribution is -2.40. The van der Waals surface area contributed by atoms with Gasteiger partial charge in [-0.05, 0) is 62.7 Å². The summed E-state index contributed by atoms with van der Waals surface area (Å²) in [5.74, 6) is 2.26. The summed E-state index contributed by atoms with van der Waals surface area (Å²) in [6, 6.07) is 15.9. The molecule has 0 N–H and O–H groups in total. The number of piperidine rings is 1. The van der Waals surface area contributed by atoms with Gasteiger partial charge in [0.2, 0.25) is 17.6 Å². The van der Waals surface area contributed by atoms with Gasteiger partial charge in [-0.15, -0.1) is 0 Å². The highest BCUT2D eigenvalue weighted by Crippen LogP contribution is 2.23. The minimum absolute atomic E-state index is 0.0687. The Morgan fingerprint density at radius 3 is 2.47 bits per heavy atom. The highest BCUT2D eigenvalue weighted by Gasteiger charge is 2.28. The lowest BCUT2D eigenvalue weighted by molar-refractivity contribution is -0.136. The molecule has 0 bridgehead atoms. The lowest BCUT2D eigenvalue weighted by Gasteiger charge is -2.32. The molecule has 168 valence electrons. The van der Waals surface area contributed by atoms with Crippen molar-refractivity contribution in [3.8, 4) is 17.1 Å². The summed E-state index contributed by atoms with van der Waals surface area (Å²) in [5, 5.41) is 4.10. The Bertz CT molecular complexity index is 1020. The van der Waals surface area contributed by atoms with Crippen LogP contribution < -0.4 is 4.74 Å². The third-order valence-corrected chi connectivity index (χ3v) is 6.03. The molecule has 0 spiro atoms. The van der Waals surface area contributed by atoms with Crippen molar-refractivity contribution >= 4 is 5.91 Å². The second-order valence-corrected chi connectivity index (χ2v) is 8.47. The van der Waals surface area contributed by atoms with E-state index in [-0.39, 0.29) is 11.8 Å². The first-order valence-electron chi connectivity index (χ1n) is 11.0. The topological polar surface area (TPSA) is 71.7 Å². The average Bonchev–Trinajstić information content (AvgIpc) is 3.29. The van der Waals surface area contributed by atoms with Crippen molar-refractivity contribution in [3.05, 3.63) is 65.5 Å². The third kappa shape index (κ3) is 5.34. The van der Waals surface area contributed by atoms with Crippen molar-refractivity contribution in [3.63, 3.8) is 0 Å². The van der Waals surface area contributed by atoms with E-state index in [4.69, 9.17) is 9.26 Å². The van der Waals surface area contributed by atoms with Crippen LogP contribution in [0.4, 0.5) is 0 Å². The van der Waals surface area contributed by atoms with Crippen molar-refractivity contribution in [2.24, 2.45) is 5.92 Å².